The highest BCUT2D eigenvalue weighted by Crippen LogP contribution is 2.30. The molecule has 1 aromatic carbocycles. The van der Waals surface area contributed by atoms with Crippen molar-refractivity contribution in [2.24, 2.45) is 0 Å². The van der Waals surface area contributed by atoms with Crippen molar-refractivity contribution in [1.29, 1.82) is 0 Å². The second kappa shape index (κ2) is 6.66. The van der Waals surface area contributed by atoms with Crippen molar-refractivity contribution in [2.45, 2.75) is 38.3 Å². The number of benzene rings is 1. The zero-order valence-electron chi connectivity index (χ0n) is 12.0. The maximum atomic E-state index is 5.40. The van der Waals surface area contributed by atoms with Gasteiger partial charge in [0.25, 0.3) is 0 Å². The topological polar surface area (TPSA) is 42.5 Å². The molecule has 1 heterocycles. The van der Waals surface area contributed by atoms with E-state index in [-0.39, 0.29) is 0 Å². The summed E-state index contributed by atoms with van der Waals surface area (Å²) < 4.78 is 10.6. The molecule has 0 amide bonds. The van der Waals surface area contributed by atoms with Crippen LogP contribution in [-0.2, 0) is 0 Å². The lowest BCUT2D eigenvalue weighted by Gasteiger charge is -2.21. The van der Waals surface area contributed by atoms with Gasteiger partial charge in [-0.1, -0.05) is 0 Å². The van der Waals surface area contributed by atoms with Crippen LogP contribution in [-0.4, -0.2) is 32.8 Å². The van der Waals surface area contributed by atoms with E-state index in [1.54, 1.807) is 14.2 Å². The minimum Gasteiger partial charge on any atom is -0.497 e. The Bertz CT molecular complexity index is 403. The molecule has 2 unspecified atom stereocenters. The minimum absolute atomic E-state index is 0.415. The largest absolute Gasteiger partial charge is 0.497 e. The molecule has 0 aliphatic carbocycles. The summed E-state index contributed by atoms with van der Waals surface area (Å²) in [6.45, 7) is 3.37. The van der Waals surface area contributed by atoms with Crippen LogP contribution < -0.4 is 20.1 Å². The average Bonchev–Trinajstić information content (AvgIpc) is 2.91. The Kier molecular flexibility index (Phi) is 4.91. The lowest BCUT2D eigenvalue weighted by atomic mass is 10.1. The molecule has 0 spiro atoms. The Morgan fingerprint density at radius 1 is 1.37 bits per heavy atom. The zero-order chi connectivity index (χ0) is 13.7. The van der Waals surface area contributed by atoms with Crippen molar-refractivity contribution in [1.82, 2.24) is 5.32 Å². The molecule has 1 aliphatic heterocycles. The van der Waals surface area contributed by atoms with Gasteiger partial charge in [0, 0.05) is 18.2 Å². The van der Waals surface area contributed by atoms with Crippen LogP contribution in [0.5, 0.6) is 11.5 Å². The van der Waals surface area contributed by atoms with Crippen molar-refractivity contribution in [3.05, 3.63) is 18.2 Å². The molecular weight excluding hydrogens is 240 g/mol. The Morgan fingerprint density at radius 2 is 2.21 bits per heavy atom. The number of ether oxygens (including phenoxy) is 2. The maximum Gasteiger partial charge on any atom is 0.145 e. The number of rotatable bonds is 6. The lowest BCUT2D eigenvalue weighted by molar-refractivity contribution is 0.395. The third-order valence-corrected chi connectivity index (χ3v) is 3.61. The smallest absolute Gasteiger partial charge is 0.145 e. The molecule has 0 radical (unpaired) electrons. The van der Waals surface area contributed by atoms with E-state index in [9.17, 15) is 0 Å². The van der Waals surface area contributed by atoms with Gasteiger partial charge < -0.3 is 20.1 Å². The van der Waals surface area contributed by atoms with E-state index in [4.69, 9.17) is 9.47 Å². The Balaban J connectivity index is 1.96. The zero-order valence-corrected chi connectivity index (χ0v) is 12.0. The van der Waals surface area contributed by atoms with Gasteiger partial charge in [0.15, 0.2) is 0 Å². The van der Waals surface area contributed by atoms with Crippen LogP contribution in [0.4, 0.5) is 5.69 Å². The van der Waals surface area contributed by atoms with Crippen LogP contribution in [0, 0.1) is 0 Å². The van der Waals surface area contributed by atoms with Crippen LogP contribution in [0.2, 0.25) is 0 Å². The van der Waals surface area contributed by atoms with E-state index in [0.29, 0.717) is 12.1 Å². The van der Waals surface area contributed by atoms with Crippen LogP contribution in [0.3, 0.4) is 0 Å². The number of methoxy groups -OCH3 is 2. The molecule has 2 rings (SSSR count). The summed E-state index contributed by atoms with van der Waals surface area (Å²) in [5.74, 6) is 1.64. The van der Waals surface area contributed by atoms with Gasteiger partial charge in [0.2, 0.25) is 0 Å². The van der Waals surface area contributed by atoms with E-state index in [2.05, 4.69) is 17.6 Å². The fourth-order valence-electron chi connectivity index (χ4n) is 2.63. The Hall–Kier alpha value is -1.42. The van der Waals surface area contributed by atoms with E-state index >= 15 is 0 Å². The first-order valence-corrected chi connectivity index (χ1v) is 6.95. The number of nitrogens with one attached hydrogen (secondary N) is 2. The molecule has 4 nitrogen and oxygen atoms in total. The summed E-state index contributed by atoms with van der Waals surface area (Å²) in [7, 11) is 3.35. The number of anilines is 1. The lowest BCUT2D eigenvalue weighted by Crippen LogP contribution is -2.29. The van der Waals surface area contributed by atoms with Crippen molar-refractivity contribution >= 4 is 5.69 Å². The summed E-state index contributed by atoms with van der Waals surface area (Å²) in [5, 5.41) is 7.05. The minimum atomic E-state index is 0.415. The molecule has 2 N–H and O–H groups in total. The first kappa shape index (κ1) is 14.0. The van der Waals surface area contributed by atoms with Crippen molar-refractivity contribution in [3.63, 3.8) is 0 Å². The van der Waals surface area contributed by atoms with E-state index in [1.807, 2.05) is 18.2 Å². The predicted octanol–water partition coefficient (Wildman–Crippen LogP) is 2.65. The first-order valence-electron chi connectivity index (χ1n) is 6.95. The second-order valence-electron chi connectivity index (χ2n) is 5.14. The Morgan fingerprint density at radius 3 is 2.84 bits per heavy atom. The van der Waals surface area contributed by atoms with E-state index in [0.717, 1.165) is 30.2 Å². The molecule has 4 heteroatoms. The molecule has 0 aromatic heterocycles. The van der Waals surface area contributed by atoms with Gasteiger partial charge in [-0.05, 0) is 44.9 Å². The van der Waals surface area contributed by atoms with Crippen molar-refractivity contribution in [2.75, 3.05) is 26.1 Å². The molecule has 1 saturated heterocycles. The quantitative estimate of drug-likeness (QED) is 0.829. The average molecular weight is 264 g/mol. The van der Waals surface area contributed by atoms with Gasteiger partial charge in [-0.2, -0.15) is 0 Å². The van der Waals surface area contributed by atoms with E-state index in [1.165, 1.54) is 12.8 Å². The molecule has 1 aliphatic rings. The van der Waals surface area contributed by atoms with Crippen LogP contribution in [0.25, 0.3) is 0 Å². The van der Waals surface area contributed by atoms with Gasteiger partial charge >= 0.3 is 0 Å². The molecular formula is C15H24N2O2. The third kappa shape index (κ3) is 3.77. The fourth-order valence-corrected chi connectivity index (χ4v) is 2.63. The summed E-state index contributed by atoms with van der Waals surface area (Å²) in [6.07, 6.45) is 3.71. The summed E-state index contributed by atoms with van der Waals surface area (Å²) in [6, 6.07) is 6.93. The highest BCUT2D eigenvalue weighted by atomic mass is 16.5. The van der Waals surface area contributed by atoms with Gasteiger partial charge in [-0.15, -0.1) is 0 Å². The summed E-state index contributed by atoms with van der Waals surface area (Å²) in [5.41, 5.74) is 1.02. The van der Waals surface area contributed by atoms with E-state index < -0.39 is 0 Å². The molecule has 106 valence electrons. The standard InChI is InChI=1S/C15H24N2O2/c1-11(9-12-5-4-8-16-12)17-14-7-6-13(18-2)10-15(14)19-3/h6-7,10-12,16-17H,4-5,8-9H2,1-3H3. The fraction of sp³-hybridized carbons (Fsp3) is 0.600. The maximum absolute atomic E-state index is 5.40. The predicted molar refractivity (Wildman–Crippen MR) is 78.3 cm³/mol. The summed E-state index contributed by atoms with van der Waals surface area (Å²) >= 11 is 0. The van der Waals surface area contributed by atoms with Gasteiger partial charge in [-0.3, -0.25) is 0 Å². The molecule has 1 fully saturated rings. The molecule has 0 saturated carbocycles. The second-order valence-corrected chi connectivity index (χ2v) is 5.14. The van der Waals surface area contributed by atoms with Gasteiger partial charge in [-0.25, -0.2) is 0 Å². The highest BCUT2D eigenvalue weighted by molar-refractivity contribution is 5.59. The molecule has 1 aromatic rings. The molecule has 19 heavy (non-hydrogen) atoms. The van der Waals surface area contributed by atoms with Crippen LogP contribution in [0.15, 0.2) is 18.2 Å². The SMILES string of the molecule is COc1ccc(NC(C)CC2CCCN2)c(OC)c1. The Labute approximate surface area is 115 Å². The van der Waals surface area contributed by atoms with Gasteiger partial charge in [0.1, 0.15) is 11.5 Å². The van der Waals surface area contributed by atoms with Crippen LogP contribution >= 0.6 is 0 Å². The normalized spacial score (nSPS) is 20.1. The van der Waals surface area contributed by atoms with Crippen LogP contribution in [0.1, 0.15) is 26.2 Å². The molecule has 0 bridgehead atoms. The summed E-state index contributed by atoms with van der Waals surface area (Å²) in [4.78, 5) is 0. The monoisotopic (exact) mass is 264 g/mol. The number of hydrogen-bond acceptors (Lipinski definition) is 4. The highest BCUT2D eigenvalue weighted by Gasteiger charge is 2.17. The third-order valence-electron chi connectivity index (χ3n) is 3.61. The number of hydrogen-bond donors (Lipinski definition) is 2. The first-order chi connectivity index (χ1) is 9.22. The van der Waals surface area contributed by atoms with Gasteiger partial charge in [0.05, 0.1) is 19.9 Å². The molecule has 2 atom stereocenters. The van der Waals surface area contributed by atoms with Crippen molar-refractivity contribution < 1.29 is 9.47 Å². The van der Waals surface area contributed by atoms with Crippen molar-refractivity contribution in [3.8, 4) is 11.5 Å².